The average molecular weight is 408 g/mol. The molecule has 0 amide bonds. The molecule has 2 aromatic carbocycles. The number of aryl methyl sites for hydroxylation is 2. The summed E-state index contributed by atoms with van der Waals surface area (Å²) in [5.74, 6) is -1.41. The zero-order valence-corrected chi connectivity index (χ0v) is 17.1. The molecule has 0 fully saturated rings. The summed E-state index contributed by atoms with van der Waals surface area (Å²) in [6.45, 7) is 4.30. The average Bonchev–Trinajstić information content (AvgIpc) is 2.59. The topological polar surface area (TPSA) is 83.8 Å². The maximum Gasteiger partial charge on any atom is 0.305 e. The Labute approximate surface area is 165 Å². The summed E-state index contributed by atoms with van der Waals surface area (Å²) in [6.07, 6.45) is -0.423. The molecule has 152 valence electrons. The van der Waals surface area contributed by atoms with Crippen LogP contribution in [-0.4, -0.2) is 35.1 Å². The van der Waals surface area contributed by atoms with Crippen molar-refractivity contribution in [1.29, 1.82) is 0 Å². The fourth-order valence-electron chi connectivity index (χ4n) is 3.18. The van der Waals surface area contributed by atoms with Crippen LogP contribution in [0.15, 0.2) is 36.4 Å². The van der Waals surface area contributed by atoms with E-state index in [1.807, 2.05) is 13.8 Å². The molecule has 0 saturated heterocycles. The number of aliphatic hydroxyl groups is 1. The van der Waals surface area contributed by atoms with E-state index in [0.717, 1.165) is 27.8 Å². The van der Waals surface area contributed by atoms with Gasteiger partial charge >= 0.3 is 5.97 Å². The van der Waals surface area contributed by atoms with Gasteiger partial charge < -0.3 is 14.7 Å². The lowest BCUT2D eigenvalue weighted by Crippen LogP contribution is -2.15. The highest BCUT2D eigenvalue weighted by atomic mass is 31.1. The zero-order valence-electron chi connectivity index (χ0n) is 16.1. The molecular formula is C21H26FO5P. The van der Waals surface area contributed by atoms with Crippen molar-refractivity contribution in [1.82, 2.24) is 0 Å². The molecule has 0 heterocycles. The van der Waals surface area contributed by atoms with Crippen molar-refractivity contribution in [3.05, 3.63) is 58.9 Å². The van der Waals surface area contributed by atoms with Crippen LogP contribution in [0.1, 0.15) is 29.5 Å². The third-order valence-electron chi connectivity index (χ3n) is 4.42. The lowest BCUT2D eigenvalue weighted by Gasteiger charge is -2.15. The summed E-state index contributed by atoms with van der Waals surface area (Å²) in [5, 5.41) is 18.1. The van der Waals surface area contributed by atoms with Crippen LogP contribution in [0.4, 0.5) is 4.39 Å². The van der Waals surface area contributed by atoms with Gasteiger partial charge in [-0.25, -0.2) is 4.39 Å². The van der Waals surface area contributed by atoms with Crippen molar-refractivity contribution in [2.45, 2.75) is 39.2 Å². The van der Waals surface area contributed by atoms with Crippen LogP contribution >= 0.6 is 8.03 Å². The second kappa shape index (κ2) is 10.5. The van der Waals surface area contributed by atoms with E-state index in [1.54, 1.807) is 12.1 Å². The molecule has 0 aliphatic heterocycles. The molecule has 0 spiro atoms. The first-order chi connectivity index (χ1) is 13.3. The van der Waals surface area contributed by atoms with E-state index in [4.69, 9.17) is 9.63 Å². The van der Waals surface area contributed by atoms with Crippen LogP contribution in [-0.2, 0) is 20.3 Å². The van der Waals surface area contributed by atoms with Crippen LogP contribution in [0.2, 0.25) is 0 Å². The minimum atomic E-state index is -2.48. The standard InChI is InChI=1S/C21H26FO5P/c1-14-10-15(2)19(20(11-14)16-5-7-17(22)8-6-16)4-3-9-27-28(26)13-18(23)12-21(24)25/h5-8,10-11,18,23,28H,3-4,9,12-13H2,1-2H3,(H,24,25)/t18-/m0/s1. The van der Waals surface area contributed by atoms with Crippen LogP contribution in [0, 0.1) is 19.7 Å². The summed E-state index contributed by atoms with van der Waals surface area (Å²) < 4.78 is 30.4. The molecule has 2 aromatic rings. The van der Waals surface area contributed by atoms with Gasteiger partial charge in [0.15, 0.2) is 8.03 Å². The molecule has 0 aromatic heterocycles. The summed E-state index contributed by atoms with van der Waals surface area (Å²) in [7, 11) is -2.48. The molecule has 1 unspecified atom stereocenters. The molecule has 0 bridgehead atoms. The monoisotopic (exact) mass is 408 g/mol. The van der Waals surface area contributed by atoms with Crippen LogP contribution < -0.4 is 0 Å². The summed E-state index contributed by atoms with van der Waals surface area (Å²) in [5.41, 5.74) is 5.36. The van der Waals surface area contributed by atoms with E-state index < -0.39 is 26.5 Å². The third-order valence-corrected chi connectivity index (χ3v) is 5.75. The largest absolute Gasteiger partial charge is 0.481 e. The Kier molecular flexibility index (Phi) is 8.36. The minimum absolute atomic E-state index is 0.151. The van der Waals surface area contributed by atoms with Crippen molar-refractivity contribution in [3.8, 4) is 11.1 Å². The highest BCUT2D eigenvalue weighted by molar-refractivity contribution is 7.39. The van der Waals surface area contributed by atoms with Gasteiger partial charge in [0.1, 0.15) is 5.82 Å². The van der Waals surface area contributed by atoms with Crippen molar-refractivity contribution >= 4 is 14.0 Å². The molecule has 2 rings (SSSR count). The zero-order chi connectivity index (χ0) is 20.7. The number of hydrogen-bond donors (Lipinski definition) is 2. The van der Waals surface area contributed by atoms with Gasteiger partial charge in [0, 0.05) is 6.16 Å². The van der Waals surface area contributed by atoms with Crippen LogP contribution in [0.25, 0.3) is 11.1 Å². The number of aliphatic hydroxyl groups excluding tert-OH is 1. The molecule has 28 heavy (non-hydrogen) atoms. The highest BCUT2D eigenvalue weighted by Crippen LogP contribution is 2.30. The smallest absolute Gasteiger partial charge is 0.305 e. The maximum atomic E-state index is 13.3. The number of carboxylic acids is 1. The molecule has 0 saturated carbocycles. The van der Waals surface area contributed by atoms with Gasteiger partial charge in [-0.2, -0.15) is 0 Å². The maximum absolute atomic E-state index is 13.3. The van der Waals surface area contributed by atoms with E-state index in [9.17, 15) is 18.9 Å². The number of benzene rings is 2. The lowest BCUT2D eigenvalue weighted by molar-refractivity contribution is -0.138. The van der Waals surface area contributed by atoms with Gasteiger partial charge in [0.25, 0.3) is 0 Å². The predicted octanol–water partition coefficient (Wildman–Crippen LogP) is 4.37. The van der Waals surface area contributed by atoms with Gasteiger partial charge in [0.05, 0.1) is 19.1 Å². The molecule has 2 atom stereocenters. The molecule has 7 heteroatoms. The Bertz CT molecular complexity index is 835. The van der Waals surface area contributed by atoms with Crippen molar-refractivity contribution < 1.29 is 28.5 Å². The summed E-state index contributed by atoms with van der Waals surface area (Å²) in [4.78, 5) is 10.5. The van der Waals surface area contributed by atoms with Gasteiger partial charge in [-0.05, 0) is 61.1 Å². The van der Waals surface area contributed by atoms with E-state index >= 15 is 0 Å². The Balaban J connectivity index is 1.98. The van der Waals surface area contributed by atoms with Crippen molar-refractivity contribution in [2.75, 3.05) is 12.8 Å². The van der Waals surface area contributed by atoms with Gasteiger partial charge in [0.2, 0.25) is 0 Å². The lowest BCUT2D eigenvalue weighted by atomic mass is 9.91. The Morgan fingerprint density at radius 2 is 1.89 bits per heavy atom. The molecule has 5 nitrogen and oxygen atoms in total. The first kappa shape index (κ1) is 22.3. The molecule has 2 N–H and O–H groups in total. The Morgan fingerprint density at radius 1 is 1.21 bits per heavy atom. The Morgan fingerprint density at radius 3 is 2.54 bits per heavy atom. The number of carboxylic acid groups (broad SMARTS) is 1. The SMILES string of the molecule is Cc1cc(C)c(CCCO[PH](=O)C[C@@H](O)CC(=O)O)c(-c2ccc(F)cc2)c1. The van der Waals surface area contributed by atoms with Gasteiger partial charge in [-0.1, -0.05) is 29.8 Å². The predicted molar refractivity (Wildman–Crippen MR) is 108 cm³/mol. The summed E-state index contributed by atoms with van der Waals surface area (Å²) >= 11 is 0. The quantitative estimate of drug-likeness (QED) is 0.451. The second-order valence-corrected chi connectivity index (χ2v) is 8.34. The Hall–Kier alpha value is -2.01. The van der Waals surface area contributed by atoms with Crippen LogP contribution in [0.3, 0.4) is 0 Å². The van der Waals surface area contributed by atoms with Gasteiger partial charge in [-0.3, -0.25) is 9.36 Å². The molecular weight excluding hydrogens is 382 g/mol. The molecule has 0 aliphatic carbocycles. The fraction of sp³-hybridized carbons (Fsp3) is 0.381. The number of hydrogen-bond acceptors (Lipinski definition) is 4. The van der Waals surface area contributed by atoms with Crippen molar-refractivity contribution in [2.24, 2.45) is 0 Å². The van der Waals surface area contributed by atoms with E-state index in [1.165, 1.54) is 12.1 Å². The van der Waals surface area contributed by atoms with Crippen LogP contribution in [0.5, 0.6) is 0 Å². The van der Waals surface area contributed by atoms with E-state index in [0.29, 0.717) is 12.8 Å². The third kappa shape index (κ3) is 6.86. The highest BCUT2D eigenvalue weighted by Gasteiger charge is 2.14. The number of rotatable bonds is 10. The number of aliphatic carboxylic acids is 1. The minimum Gasteiger partial charge on any atom is -0.481 e. The normalized spacial score (nSPS) is 13.3. The number of carbonyl (C=O) groups is 1. The number of halogens is 1. The second-order valence-electron chi connectivity index (χ2n) is 6.89. The van der Waals surface area contributed by atoms with Gasteiger partial charge in [-0.15, -0.1) is 0 Å². The fourth-order valence-corrected chi connectivity index (χ4v) is 4.20. The van der Waals surface area contributed by atoms with E-state index in [-0.39, 0.29) is 18.6 Å². The molecule has 0 aliphatic rings. The first-order valence-electron chi connectivity index (χ1n) is 9.18. The first-order valence-corrected chi connectivity index (χ1v) is 10.7. The van der Waals surface area contributed by atoms with E-state index in [2.05, 4.69) is 12.1 Å². The molecule has 0 radical (unpaired) electrons. The van der Waals surface area contributed by atoms with Crippen molar-refractivity contribution in [3.63, 3.8) is 0 Å². The summed E-state index contributed by atoms with van der Waals surface area (Å²) in [6, 6.07) is 10.6.